The molecule has 26 heavy (non-hydrogen) atoms. The predicted octanol–water partition coefficient (Wildman–Crippen LogP) is 2.80. The summed E-state index contributed by atoms with van der Waals surface area (Å²) >= 11 is 0. The Morgan fingerprint density at radius 1 is 1.35 bits per heavy atom. The molecule has 1 heterocycles. The molecule has 6 heteroatoms. The molecule has 0 saturated carbocycles. The summed E-state index contributed by atoms with van der Waals surface area (Å²) in [7, 11) is 2.06. The van der Waals surface area contributed by atoms with Gasteiger partial charge in [-0.2, -0.15) is 0 Å². The average Bonchev–Trinajstić information content (AvgIpc) is 3.07. The molecule has 1 aromatic heterocycles. The Morgan fingerprint density at radius 3 is 2.81 bits per heavy atom. The number of aliphatic imine (C=N–C) groups is 1. The van der Waals surface area contributed by atoms with Gasteiger partial charge in [0.25, 0.3) is 0 Å². The number of nitrogens with zero attached hydrogens (tertiary/aromatic N) is 5. The molecule has 0 aliphatic rings. The molecule has 140 valence electrons. The molecular weight excluding hydrogens is 324 g/mol. The summed E-state index contributed by atoms with van der Waals surface area (Å²) < 4.78 is 2.07. The van der Waals surface area contributed by atoms with E-state index in [1.54, 1.807) is 6.33 Å². The zero-order valence-corrected chi connectivity index (χ0v) is 16.4. The Kier molecular flexibility index (Phi) is 7.38. The van der Waals surface area contributed by atoms with Crippen molar-refractivity contribution >= 4 is 5.96 Å². The van der Waals surface area contributed by atoms with Crippen LogP contribution in [-0.2, 0) is 19.5 Å². The molecule has 2 rings (SSSR count). The monoisotopic (exact) mass is 354 g/mol. The number of hydrogen-bond donors (Lipinski definition) is 1. The third-order valence-electron chi connectivity index (χ3n) is 4.18. The fourth-order valence-corrected chi connectivity index (χ4v) is 2.67. The maximum atomic E-state index is 4.70. The molecule has 0 aliphatic heterocycles. The SMILES string of the molecule is C=C(C)CN=C(NCCn1cnnc1CC)N(C)Cc1ccccc1C. The number of rotatable bonds is 8. The zero-order chi connectivity index (χ0) is 18.9. The quantitative estimate of drug-likeness (QED) is 0.450. The van der Waals surface area contributed by atoms with Gasteiger partial charge >= 0.3 is 0 Å². The third kappa shape index (κ3) is 5.72. The first kappa shape index (κ1) is 19.7. The largest absolute Gasteiger partial charge is 0.354 e. The highest BCUT2D eigenvalue weighted by Crippen LogP contribution is 2.09. The maximum absolute atomic E-state index is 4.70. The Labute approximate surface area is 156 Å². The van der Waals surface area contributed by atoms with Crippen LogP contribution in [0.4, 0.5) is 0 Å². The molecule has 0 fully saturated rings. The van der Waals surface area contributed by atoms with Crippen LogP contribution in [0.25, 0.3) is 0 Å². The van der Waals surface area contributed by atoms with Crippen LogP contribution >= 0.6 is 0 Å². The lowest BCUT2D eigenvalue weighted by atomic mass is 10.1. The first-order chi connectivity index (χ1) is 12.5. The molecule has 0 amide bonds. The van der Waals surface area contributed by atoms with E-state index in [0.29, 0.717) is 6.54 Å². The van der Waals surface area contributed by atoms with E-state index in [1.807, 2.05) is 6.92 Å². The number of benzene rings is 1. The van der Waals surface area contributed by atoms with Gasteiger partial charge in [-0.25, -0.2) is 4.99 Å². The number of guanidine groups is 1. The molecule has 0 radical (unpaired) electrons. The molecule has 0 saturated heterocycles. The molecule has 1 aromatic carbocycles. The van der Waals surface area contributed by atoms with Gasteiger partial charge in [-0.1, -0.05) is 43.3 Å². The molecule has 2 aromatic rings. The molecule has 6 nitrogen and oxygen atoms in total. The summed E-state index contributed by atoms with van der Waals surface area (Å²) in [5, 5.41) is 11.6. The summed E-state index contributed by atoms with van der Waals surface area (Å²) in [5.74, 6) is 1.88. The van der Waals surface area contributed by atoms with Crippen molar-refractivity contribution in [1.82, 2.24) is 25.0 Å². The molecule has 0 aliphatic carbocycles. The first-order valence-electron chi connectivity index (χ1n) is 9.06. The third-order valence-corrected chi connectivity index (χ3v) is 4.18. The topological polar surface area (TPSA) is 58.3 Å². The number of nitrogens with one attached hydrogen (secondary N) is 1. The lowest BCUT2D eigenvalue weighted by molar-refractivity contribution is 0.470. The van der Waals surface area contributed by atoms with Gasteiger partial charge in [-0.05, 0) is 25.0 Å². The molecule has 0 bridgehead atoms. The highest BCUT2D eigenvalue weighted by Gasteiger charge is 2.09. The Bertz CT molecular complexity index is 746. The lowest BCUT2D eigenvalue weighted by Gasteiger charge is -2.23. The first-order valence-corrected chi connectivity index (χ1v) is 9.06. The molecular formula is C20H30N6. The van der Waals surface area contributed by atoms with Crippen molar-refractivity contribution in [2.45, 2.75) is 40.3 Å². The predicted molar refractivity (Wildman–Crippen MR) is 107 cm³/mol. The highest BCUT2D eigenvalue weighted by molar-refractivity contribution is 5.79. The van der Waals surface area contributed by atoms with Gasteiger partial charge in [0.15, 0.2) is 5.96 Å². The van der Waals surface area contributed by atoms with Crippen LogP contribution in [0.2, 0.25) is 0 Å². The minimum atomic E-state index is 0.618. The van der Waals surface area contributed by atoms with Gasteiger partial charge in [-0.15, -0.1) is 10.2 Å². The summed E-state index contributed by atoms with van der Waals surface area (Å²) in [6.45, 7) is 13.2. The minimum absolute atomic E-state index is 0.618. The maximum Gasteiger partial charge on any atom is 0.194 e. The summed E-state index contributed by atoms with van der Waals surface area (Å²) in [5.41, 5.74) is 3.63. The van der Waals surface area contributed by atoms with E-state index in [1.165, 1.54) is 11.1 Å². The van der Waals surface area contributed by atoms with E-state index in [0.717, 1.165) is 43.4 Å². The molecule has 0 unspecified atom stereocenters. The van der Waals surface area contributed by atoms with Crippen molar-refractivity contribution in [1.29, 1.82) is 0 Å². The van der Waals surface area contributed by atoms with E-state index < -0.39 is 0 Å². The van der Waals surface area contributed by atoms with Gasteiger partial charge in [0, 0.05) is 33.1 Å². The second-order valence-electron chi connectivity index (χ2n) is 6.60. The molecule has 0 atom stereocenters. The van der Waals surface area contributed by atoms with Crippen LogP contribution in [0, 0.1) is 6.92 Å². The Balaban J connectivity index is 2.01. The fraction of sp³-hybridized carbons (Fsp3) is 0.450. The number of aryl methyl sites for hydroxylation is 2. The zero-order valence-electron chi connectivity index (χ0n) is 16.4. The van der Waals surface area contributed by atoms with Crippen LogP contribution in [-0.4, -0.2) is 45.8 Å². The van der Waals surface area contributed by atoms with Crippen molar-refractivity contribution in [3.8, 4) is 0 Å². The van der Waals surface area contributed by atoms with Crippen LogP contribution in [0.1, 0.15) is 30.8 Å². The number of aromatic nitrogens is 3. The Morgan fingerprint density at radius 2 is 2.12 bits per heavy atom. The van der Waals surface area contributed by atoms with Gasteiger partial charge in [0.1, 0.15) is 12.2 Å². The van der Waals surface area contributed by atoms with Gasteiger partial charge in [0.05, 0.1) is 6.54 Å². The van der Waals surface area contributed by atoms with E-state index in [-0.39, 0.29) is 0 Å². The number of hydrogen-bond acceptors (Lipinski definition) is 3. The molecule has 0 spiro atoms. The van der Waals surface area contributed by atoms with Crippen LogP contribution in [0.3, 0.4) is 0 Å². The van der Waals surface area contributed by atoms with Crippen LogP contribution in [0.5, 0.6) is 0 Å². The van der Waals surface area contributed by atoms with Crippen LogP contribution < -0.4 is 5.32 Å². The van der Waals surface area contributed by atoms with Gasteiger partial charge in [-0.3, -0.25) is 0 Å². The highest BCUT2D eigenvalue weighted by atomic mass is 15.3. The standard InChI is InChI=1S/C20H30N6/c1-6-19-24-23-15-26(19)12-11-21-20(22-13-16(2)3)25(5)14-18-10-8-7-9-17(18)4/h7-10,15H,2,6,11-14H2,1,3-5H3,(H,21,22). The second-order valence-corrected chi connectivity index (χ2v) is 6.60. The van der Waals surface area contributed by atoms with E-state index in [2.05, 4.69) is 76.7 Å². The van der Waals surface area contributed by atoms with Crippen molar-refractivity contribution in [2.24, 2.45) is 4.99 Å². The summed E-state index contributed by atoms with van der Waals surface area (Å²) in [6, 6.07) is 8.44. The van der Waals surface area contributed by atoms with E-state index in [4.69, 9.17) is 4.99 Å². The normalized spacial score (nSPS) is 11.5. The summed E-state index contributed by atoms with van der Waals surface area (Å²) in [4.78, 5) is 6.85. The van der Waals surface area contributed by atoms with Crippen molar-refractivity contribution in [3.05, 3.63) is 59.7 Å². The van der Waals surface area contributed by atoms with E-state index in [9.17, 15) is 0 Å². The van der Waals surface area contributed by atoms with Gasteiger partial charge < -0.3 is 14.8 Å². The molecule has 1 N–H and O–H groups in total. The van der Waals surface area contributed by atoms with Gasteiger partial charge in [0.2, 0.25) is 0 Å². The van der Waals surface area contributed by atoms with Crippen molar-refractivity contribution < 1.29 is 0 Å². The smallest absolute Gasteiger partial charge is 0.194 e. The lowest BCUT2D eigenvalue weighted by Crippen LogP contribution is -2.40. The Hall–Kier alpha value is -2.63. The second kappa shape index (κ2) is 9.75. The minimum Gasteiger partial charge on any atom is -0.354 e. The fourth-order valence-electron chi connectivity index (χ4n) is 2.67. The van der Waals surface area contributed by atoms with E-state index >= 15 is 0 Å². The van der Waals surface area contributed by atoms with Crippen molar-refractivity contribution in [3.63, 3.8) is 0 Å². The van der Waals surface area contributed by atoms with Crippen LogP contribution in [0.15, 0.2) is 47.7 Å². The average molecular weight is 355 g/mol. The van der Waals surface area contributed by atoms with Crippen molar-refractivity contribution in [2.75, 3.05) is 20.1 Å². The summed E-state index contributed by atoms with van der Waals surface area (Å²) in [6.07, 6.45) is 2.66.